The lowest BCUT2D eigenvalue weighted by molar-refractivity contribution is 0.116. The number of aliphatic hydroxyl groups excluding tert-OH is 1. The van der Waals surface area contributed by atoms with Crippen molar-refractivity contribution < 1.29 is 5.11 Å². The molecule has 1 aliphatic carbocycles. The molecule has 8 nitrogen and oxygen atoms in total. The number of hydrogen-bond donors (Lipinski definition) is 4. The summed E-state index contributed by atoms with van der Waals surface area (Å²) in [7, 11) is 3.68. The largest absolute Gasteiger partial charge is 0.391 e. The fourth-order valence-corrected chi connectivity index (χ4v) is 2.14. The lowest BCUT2D eigenvalue weighted by Gasteiger charge is -2.28. The van der Waals surface area contributed by atoms with Crippen LogP contribution in [0.3, 0.4) is 0 Å². The Morgan fingerprint density at radius 3 is 2.47 bits per heavy atom. The number of nitrogens with two attached hydrogens (primary N) is 1. The molecule has 2 atom stereocenters. The summed E-state index contributed by atoms with van der Waals surface area (Å²) in [6, 6.07) is -0.0169. The molecule has 8 heteroatoms. The van der Waals surface area contributed by atoms with Crippen molar-refractivity contribution >= 4 is 17.8 Å². The molecule has 0 aliphatic heterocycles. The van der Waals surface area contributed by atoms with E-state index in [0.717, 1.165) is 25.7 Å². The Hall–Kier alpha value is -1.67. The van der Waals surface area contributed by atoms with Gasteiger partial charge in [-0.25, -0.2) is 5.84 Å². The highest BCUT2D eigenvalue weighted by Gasteiger charge is 2.24. The predicted molar refractivity (Wildman–Crippen MR) is 73.8 cm³/mol. The van der Waals surface area contributed by atoms with Crippen molar-refractivity contribution in [1.82, 2.24) is 15.0 Å². The standard InChI is InChI=1S/C11H21N7O/c1-18(2)11-15-9(14-10(16-11)17-12)13-7-5-3-4-6-8(7)19/h7-8,19H,3-6,12H2,1-2H3,(H2,13,14,15,16,17). The number of nitrogens with zero attached hydrogens (tertiary/aromatic N) is 4. The second kappa shape index (κ2) is 5.98. The molecular formula is C11H21N7O. The normalized spacial score (nSPS) is 22.9. The van der Waals surface area contributed by atoms with Crippen LogP contribution in [0.2, 0.25) is 0 Å². The lowest BCUT2D eigenvalue weighted by atomic mass is 9.93. The first kappa shape index (κ1) is 13.8. The molecule has 0 amide bonds. The van der Waals surface area contributed by atoms with E-state index in [1.807, 2.05) is 14.1 Å². The number of hydrazine groups is 1. The Labute approximate surface area is 112 Å². The van der Waals surface area contributed by atoms with Crippen LogP contribution < -0.4 is 21.5 Å². The Kier molecular flexibility index (Phi) is 4.33. The van der Waals surface area contributed by atoms with Gasteiger partial charge < -0.3 is 15.3 Å². The molecular weight excluding hydrogens is 246 g/mol. The molecule has 1 aromatic heterocycles. The Morgan fingerprint density at radius 2 is 1.84 bits per heavy atom. The zero-order valence-corrected chi connectivity index (χ0v) is 11.3. The van der Waals surface area contributed by atoms with E-state index in [1.165, 1.54) is 0 Å². The first-order valence-electron chi connectivity index (χ1n) is 6.45. The summed E-state index contributed by atoms with van der Waals surface area (Å²) in [6.07, 6.45) is 3.53. The summed E-state index contributed by atoms with van der Waals surface area (Å²) in [5.74, 6) is 6.59. The molecule has 1 saturated carbocycles. The summed E-state index contributed by atoms with van der Waals surface area (Å²) >= 11 is 0. The van der Waals surface area contributed by atoms with Crippen molar-refractivity contribution in [2.75, 3.05) is 29.7 Å². The monoisotopic (exact) mass is 267 g/mol. The molecule has 1 aliphatic rings. The number of hydrogen-bond acceptors (Lipinski definition) is 8. The molecule has 0 radical (unpaired) electrons. The van der Waals surface area contributed by atoms with Gasteiger partial charge in [-0.3, -0.25) is 5.43 Å². The molecule has 0 aromatic carbocycles. The fourth-order valence-electron chi connectivity index (χ4n) is 2.14. The van der Waals surface area contributed by atoms with E-state index in [2.05, 4.69) is 25.7 Å². The summed E-state index contributed by atoms with van der Waals surface area (Å²) in [5, 5.41) is 13.1. The maximum Gasteiger partial charge on any atom is 0.243 e. The Balaban J connectivity index is 2.16. The zero-order chi connectivity index (χ0) is 13.8. The number of aliphatic hydroxyl groups is 1. The van der Waals surface area contributed by atoms with Crippen molar-refractivity contribution in [2.24, 2.45) is 5.84 Å². The molecule has 1 heterocycles. The third kappa shape index (κ3) is 3.42. The van der Waals surface area contributed by atoms with Crippen LogP contribution >= 0.6 is 0 Å². The maximum atomic E-state index is 9.95. The highest BCUT2D eigenvalue weighted by atomic mass is 16.3. The zero-order valence-electron chi connectivity index (χ0n) is 11.3. The minimum atomic E-state index is -0.359. The van der Waals surface area contributed by atoms with Gasteiger partial charge in [0.25, 0.3) is 0 Å². The first-order chi connectivity index (χ1) is 9.10. The van der Waals surface area contributed by atoms with E-state index in [4.69, 9.17) is 5.84 Å². The molecule has 0 bridgehead atoms. The van der Waals surface area contributed by atoms with Crippen molar-refractivity contribution in [2.45, 2.75) is 37.8 Å². The van der Waals surface area contributed by atoms with Crippen molar-refractivity contribution in [3.63, 3.8) is 0 Å². The van der Waals surface area contributed by atoms with Gasteiger partial charge in [-0.1, -0.05) is 12.8 Å². The van der Waals surface area contributed by atoms with Crippen LogP contribution in [0.1, 0.15) is 25.7 Å². The molecule has 2 rings (SSSR count). The van der Waals surface area contributed by atoms with Gasteiger partial charge in [-0.2, -0.15) is 15.0 Å². The number of nitrogen functional groups attached to an aromatic ring is 1. The molecule has 19 heavy (non-hydrogen) atoms. The Bertz CT molecular complexity index is 426. The molecule has 1 aromatic rings. The first-order valence-corrected chi connectivity index (χ1v) is 6.45. The number of rotatable bonds is 4. The topological polar surface area (TPSA) is 112 Å². The third-order valence-corrected chi connectivity index (χ3v) is 3.20. The molecule has 2 unspecified atom stereocenters. The molecule has 1 fully saturated rings. The van der Waals surface area contributed by atoms with E-state index in [9.17, 15) is 5.11 Å². The lowest BCUT2D eigenvalue weighted by Crippen LogP contribution is -2.37. The molecule has 0 saturated heterocycles. The summed E-state index contributed by atoms with van der Waals surface area (Å²) in [5.41, 5.74) is 2.42. The molecule has 5 N–H and O–H groups in total. The van der Waals surface area contributed by atoms with Crippen LogP contribution in [0.25, 0.3) is 0 Å². The average molecular weight is 267 g/mol. The van der Waals surface area contributed by atoms with E-state index in [0.29, 0.717) is 17.8 Å². The van der Waals surface area contributed by atoms with E-state index >= 15 is 0 Å². The number of anilines is 3. The van der Waals surface area contributed by atoms with E-state index in [1.54, 1.807) is 4.90 Å². The van der Waals surface area contributed by atoms with Gasteiger partial charge in [-0.15, -0.1) is 0 Å². The Morgan fingerprint density at radius 1 is 1.16 bits per heavy atom. The van der Waals surface area contributed by atoms with E-state index in [-0.39, 0.29) is 12.1 Å². The fraction of sp³-hybridized carbons (Fsp3) is 0.727. The number of nitrogens with one attached hydrogen (secondary N) is 2. The van der Waals surface area contributed by atoms with Crippen LogP contribution in [-0.2, 0) is 0 Å². The van der Waals surface area contributed by atoms with Crippen molar-refractivity contribution in [3.05, 3.63) is 0 Å². The van der Waals surface area contributed by atoms with E-state index < -0.39 is 0 Å². The summed E-state index contributed by atoms with van der Waals surface area (Å²) in [4.78, 5) is 14.3. The van der Waals surface area contributed by atoms with Crippen LogP contribution in [0.15, 0.2) is 0 Å². The second-order valence-corrected chi connectivity index (χ2v) is 4.92. The quantitative estimate of drug-likeness (QED) is 0.443. The van der Waals surface area contributed by atoms with Crippen molar-refractivity contribution in [1.29, 1.82) is 0 Å². The second-order valence-electron chi connectivity index (χ2n) is 4.92. The van der Waals surface area contributed by atoms with Gasteiger partial charge in [0, 0.05) is 14.1 Å². The smallest absolute Gasteiger partial charge is 0.243 e. The van der Waals surface area contributed by atoms with Crippen LogP contribution in [0.4, 0.5) is 17.8 Å². The average Bonchev–Trinajstić information content (AvgIpc) is 2.41. The van der Waals surface area contributed by atoms with Crippen LogP contribution in [-0.4, -0.2) is 46.3 Å². The van der Waals surface area contributed by atoms with Crippen LogP contribution in [0.5, 0.6) is 0 Å². The van der Waals surface area contributed by atoms with Gasteiger partial charge in [0.15, 0.2) is 0 Å². The van der Waals surface area contributed by atoms with Gasteiger partial charge in [0.2, 0.25) is 17.8 Å². The van der Waals surface area contributed by atoms with Gasteiger partial charge in [0.1, 0.15) is 0 Å². The van der Waals surface area contributed by atoms with Crippen LogP contribution in [0, 0.1) is 0 Å². The summed E-state index contributed by atoms with van der Waals surface area (Å²) in [6.45, 7) is 0. The molecule has 106 valence electrons. The predicted octanol–water partition coefficient (Wildman–Crippen LogP) is -0.0614. The van der Waals surface area contributed by atoms with Crippen molar-refractivity contribution in [3.8, 4) is 0 Å². The third-order valence-electron chi connectivity index (χ3n) is 3.20. The summed E-state index contributed by atoms with van der Waals surface area (Å²) < 4.78 is 0. The number of aromatic nitrogens is 3. The van der Waals surface area contributed by atoms with Gasteiger partial charge in [0.05, 0.1) is 12.1 Å². The molecule has 0 spiro atoms. The highest BCUT2D eigenvalue weighted by Crippen LogP contribution is 2.21. The van der Waals surface area contributed by atoms with Gasteiger partial charge in [-0.05, 0) is 12.8 Å². The maximum absolute atomic E-state index is 9.95. The minimum Gasteiger partial charge on any atom is -0.391 e. The highest BCUT2D eigenvalue weighted by molar-refractivity contribution is 5.43. The van der Waals surface area contributed by atoms with Gasteiger partial charge >= 0.3 is 0 Å². The SMILES string of the molecule is CN(C)c1nc(NN)nc(NC2CCCCC2O)n1. The minimum absolute atomic E-state index is 0.0169.